The van der Waals surface area contributed by atoms with Gasteiger partial charge in [-0.25, -0.2) is 0 Å². The van der Waals surface area contributed by atoms with Crippen molar-refractivity contribution in [1.29, 1.82) is 0 Å². The third-order valence-corrected chi connectivity index (χ3v) is 4.68. The molecule has 0 amide bonds. The zero-order valence-corrected chi connectivity index (χ0v) is 11.8. The van der Waals surface area contributed by atoms with Crippen molar-refractivity contribution in [2.24, 2.45) is 0 Å². The minimum absolute atomic E-state index is 0.553. The SMILES string of the molecule is Cc1c2n(c3ccccc13)CCCC2c1ccccc1. The molecule has 0 aliphatic carbocycles. The van der Waals surface area contributed by atoms with Crippen LogP contribution in [-0.4, -0.2) is 4.57 Å². The molecule has 2 heterocycles. The van der Waals surface area contributed by atoms with Gasteiger partial charge in [0.2, 0.25) is 0 Å². The standard InChI is InChI=1S/C19H19N/c1-14-16-10-5-6-12-18(16)20-13-7-11-17(19(14)20)15-8-3-2-4-9-15/h2-6,8-10,12,17H,7,11,13H2,1H3. The molecule has 1 nitrogen and oxygen atoms in total. The Morgan fingerprint density at radius 3 is 2.55 bits per heavy atom. The molecule has 0 spiro atoms. The normalized spacial score (nSPS) is 18.1. The van der Waals surface area contributed by atoms with Crippen molar-refractivity contribution in [3.63, 3.8) is 0 Å². The lowest BCUT2D eigenvalue weighted by Crippen LogP contribution is -2.16. The molecule has 0 saturated carbocycles. The zero-order valence-electron chi connectivity index (χ0n) is 11.8. The van der Waals surface area contributed by atoms with Crippen LogP contribution in [0.15, 0.2) is 54.6 Å². The van der Waals surface area contributed by atoms with E-state index in [1.54, 1.807) is 0 Å². The lowest BCUT2D eigenvalue weighted by molar-refractivity contribution is 0.499. The summed E-state index contributed by atoms with van der Waals surface area (Å²) in [5.41, 5.74) is 5.86. The van der Waals surface area contributed by atoms with Crippen LogP contribution in [0.25, 0.3) is 10.9 Å². The van der Waals surface area contributed by atoms with Gasteiger partial charge in [-0.3, -0.25) is 0 Å². The number of rotatable bonds is 1. The van der Waals surface area contributed by atoms with Crippen LogP contribution in [0.1, 0.15) is 35.6 Å². The Balaban J connectivity index is 1.97. The fourth-order valence-corrected chi connectivity index (χ4v) is 3.79. The predicted molar refractivity (Wildman–Crippen MR) is 84.2 cm³/mol. The number of nitrogens with zero attached hydrogens (tertiary/aromatic N) is 1. The molecule has 0 saturated heterocycles. The van der Waals surface area contributed by atoms with Crippen molar-refractivity contribution in [3.05, 3.63) is 71.4 Å². The van der Waals surface area contributed by atoms with Crippen molar-refractivity contribution in [2.45, 2.75) is 32.2 Å². The quantitative estimate of drug-likeness (QED) is 0.588. The Labute approximate surface area is 119 Å². The van der Waals surface area contributed by atoms with Crippen LogP contribution in [0.2, 0.25) is 0 Å². The molecule has 4 rings (SSSR count). The highest BCUT2D eigenvalue weighted by molar-refractivity contribution is 5.85. The molecular formula is C19H19N. The van der Waals surface area contributed by atoms with Crippen molar-refractivity contribution < 1.29 is 0 Å². The Morgan fingerprint density at radius 1 is 0.950 bits per heavy atom. The molecule has 100 valence electrons. The van der Waals surface area contributed by atoms with E-state index in [4.69, 9.17) is 0 Å². The van der Waals surface area contributed by atoms with Gasteiger partial charge in [0.25, 0.3) is 0 Å². The molecule has 1 atom stereocenters. The molecule has 0 bridgehead atoms. The molecule has 3 aromatic rings. The summed E-state index contributed by atoms with van der Waals surface area (Å²) < 4.78 is 2.55. The fraction of sp³-hybridized carbons (Fsp3) is 0.263. The summed E-state index contributed by atoms with van der Waals surface area (Å²) in [5.74, 6) is 0.553. The minimum atomic E-state index is 0.553. The van der Waals surface area contributed by atoms with E-state index >= 15 is 0 Å². The van der Waals surface area contributed by atoms with E-state index in [-0.39, 0.29) is 0 Å². The maximum Gasteiger partial charge on any atom is 0.0485 e. The van der Waals surface area contributed by atoms with Crippen LogP contribution >= 0.6 is 0 Å². The summed E-state index contributed by atoms with van der Waals surface area (Å²) in [6, 6.07) is 19.8. The van der Waals surface area contributed by atoms with Gasteiger partial charge in [0.05, 0.1) is 0 Å². The number of aromatic nitrogens is 1. The van der Waals surface area contributed by atoms with E-state index < -0.39 is 0 Å². The lowest BCUT2D eigenvalue weighted by Gasteiger charge is -2.26. The highest BCUT2D eigenvalue weighted by Gasteiger charge is 2.26. The lowest BCUT2D eigenvalue weighted by atomic mass is 9.87. The Bertz CT molecular complexity index is 752. The highest BCUT2D eigenvalue weighted by atomic mass is 15.0. The van der Waals surface area contributed by atoms with Crippen LogP contribution in [0, 0.1) is 6.92 Å². The number of benzene rings is 2. The molecule has 0 radical (unpaired) electrons. The third kappa shape index (κ3) is 1.62. The fourth-order valence-electron chi connectivity index (χ4n) is 3.79. The van der Waals surface area contributed by atoms with Gasteiger partial charge in [-0.1, -0.05) is 48.5 Å². The molecule has 0 N–H and O–H groups in total. The third-order valence-electron chi connectivity index (χ3n) is 4.68. The average Bonchev–Trinajstić information content (AvgIpc) is 2.82. The summed E-state index contributed by atoms with van der Waals surface area (Å²) in [6.45, 7) is 3.45. The second-order valence-electron chi connectivity index (χ2n) is 5.78. The highest BCUT2D eigenvalue weighted by Crippen LogP contribution is 2.40. The molecule has 0 fully saturated rings. The van der Waals surface area contributed by atoms with E-state index in [9.17, 15) is 0 Å². The summed E-state index contributed by atoms with van der Waals surface area (Å²) in [6.07, 6.45) is 2.53. The number of hydrogen-bond donors (Lipinski definition) is 0. The van der Waals surface area contributed by atoms with Crippen molar-refractivity contribution in [3.8, 4) is 0 Å². The Kier molecular flexibility index (Phi) is 2.66. The smallest absolute Gasteiger partial charge is 0.0485 e. The molecular weight excluding hydrogens is 242 g/mol. The van der Waals surface area contributed by atoms with Gasteiger partial charge < -0.3 is 4.57 Å². The second kappa shape index (κ2) is 4.52. The molecule has 1 aromatic heterocycles. The van der Waals surface area contributed by atoms with Gasteiger partial charge in [0, 0.05) is 29.1 Å². The van der Waals surface area contributed by atoms with Gasteiger partial charge in [-0.2, -0.15) is 0 Å². The molecule has 2 aromatic carbocycles. The monoisotopic (exact) mass is 261 g/mol. The molecule has 1 aliphatic heterocycles. The van der Waals surface area contributed by atoms with Gasteiger partial charge in [0.15, 0.2) is 0 Å². The van der Waals surface area contributed by atoms with Gasteiger partial charge in [-0.05, 0) is 37.0 Å². The van der Waals surface area contributed by atoms with Crippen LogP contribution in [-0.2, 0) is 6.54 Å². The van der Waals surface area contributed by atoms with Crippen molar-refractivity contribution in [1.82, 2.24) is 4.57 Å². The number of hydrogen-bond acceptors (Lipinski definition) is 0. The first-order valence-corrected chi connectivity index (χ1v) is 7.49. The first-order valence-electron chi connectivity index (χ1n) is 7.49. The van der Waals surface area contributed by atoms with Crippen LogP contribution in [0.4, 0.5) is 0 Å². The summed E-state index contributed by atoms with van der Waals surface area (Å²) >= 11 is 0. The summed E-state index contributed by atoms with van der Waals surface area (Å²) in [5, 5.41) is 1.42. The van der Waals surface area contributed by atoms with Gasteiger partial charge in [-0.15, -0.1) is 0 Å². The average molecular weight is 261 g/mol. The molecule has 20 heavy (non-hydrogen) atoms. The minimum Gasteiger partial charge on any atom is -0.344 e. The van der Waals surface area contributed by atoms with E-state index in [2.05, 4.69) is 66.1 Å². The van der Waals surface area contributed by atoms with Crippen LogP contribution in [0.5, 0.6) is 0 Å². The molecule has 1 heteroatoms. The van der Waals surface area contributed by atoms with Crippen molar-refractivity contribution in [2.75, 3.05) is 0 Å². The predicted octanol–water partition coefficient (Wildman–Crippen LogP) is 4.88. The second-order valence-corrected chi connectivity index (χ2v) is 5.78. The summed E-state index contributed by atoms with van der Waals surface area (Å²) in [4.78, 5) is 0. The zero-order chi connectivity index (χ0) is 13.5. The van der Waals surface area contributed by atoms with E-state index in [0.29, 0.717) is 5.92 Å². The largest absolute Gasteiger partial charge is 0.344 e. The summed E-state index contributed by atoms with van der Waals surface area (Å²) in [7, 11) is 0. The molecule has 1 aliphatic rings. The van der Waals surface area contributed by atoms with E-state index in [1.807, 2.05) is 0 Å². The number of fused-ring (bicyclic) bond motifs is 3. The topological polar surface area (TPSA) is 4.93 Å². The van der Waals surface area contributed by atoms with Crippen LogP contribution in [0.3, 0.4) is 0 Å². The van der Waals surface area contributed by atoms with Crippen molar-refractivity contribution >= 4 is 10.9 Å². The first-order chi connectivity index (χ1) is 9.86. The Morgan fingerprint density at radius 2 is 1.70 bits per heavy atom. The van der Waals surface area contributed by atoms with E-state index in [1.165, 1.54) is 40.6 Å². The maximum absolute atomic E-state index is 2.55. The first kappa shape index (κ1) is 11.8. The van der Waals surface area contributed by atoms with Gasteiger partial charge in [0.1, 0.15) is 0 Å². The number of para-hydroxylation sites is 1. The van der Waals surface area contributed by atoms with E-state index in [0.717, 1.165) is 6.54 Å². The number of aryl methyl sites for hydroxylation is 2. The maximum atomic E-state index is 2.55. The molecule has 1 unspecified atom stereocenters. The van der Waals surface area contributed by atoms with Crippen LogP contribution < -0.4 is 0 Å². The van der Waals surface area contributed by atoms with Gasteiger partial charge >= 0.3 is 0 Å². The Hall–Kier alpha value is -2.02.